The Hall–Kier alpha value is -4.87. The first-order valence-corrected chi connectivity index (χ1v) is 14.4. The van der Waals surface area contributed by atoms with Gasteiger partial charge in [0.25, 0.3) is 5.91 Å². The zero-order valence-electron chi connectivity index (χ0n) is 23.4. The minimum Gasteiger partial charge on any atom is -0.497 e. The van der Waals surface area contributed by atoms with E-state index in [1.807, 2.05) is 78.9 Å². The molecule has 0 bridgehead atoms. The number of amides is 1. The maximum absolute atomic E-state index is 13.3. The van der Waals surface area contributed by atoms with Crippen LogP contribution in [0.15, 0.2) is 102 Å². The molecule has 2 aliphatic rings. The molecular formula is C32H28N4O6S. The molecule has 1 atom stereocenters. The van der Waals surface area contributed by atoms with E-state index in [1.165, 1.54) is 22.1 Å². The second-order valence-corrected chi connectivity index (χ2v) is 10.8. The summed E-state index contributed by atoms with van der Waals surface area (Å²) in [5.41, 5.74) is 3.27. The lowest BCUT2D eigenvalue weighted by Crippen LogP contribution is -2.51. The number of carbonyl (C=O) groups excluding carboxylic acids is 1. The number of nitrogens with one attached hydrogen (secondary N) is 1. The fraction of sp³-hybridized carbons (Fsp3) is 0.188. The highest BCUT2D eigenvalue weighted by atomic mass is 32.2. The molecule has 11 heteroatoms. The van der Waals surface area contributed by atoms with Gasteiger partial charge >= 0.3 is 5.97 Å². The minimum absolute atomic E-state index is 0.0263. The van der Waals surface area contributed by atoms with Crippen molar-refractivity contribution >= 4 is 29.2 Å². The first-order chi connectivity index (χ1) is 21.0. The van der Waals surface area contributed by atoms with Gasteiger partial charge in [-0.1, -0.05) is 54.6 Å². The van der Waals surface area contributed by atoms with E-state index < -0.39 is 16.9 Å². The molecule has 0 saturated carbocycles. The van der Waals surface area contributed by atoms with Gasteiger partial charge < -0.3 is 19.3 Å². The lowest BCUT2D eigenvalue weighted by atomic mass is 9.80. The van der Waals surface area contributed by atoms with Crippen LogP contribution in [0, 0.1) is 0 Å². The molecule has 0 spiro atoms. The summed E-state index contributed by atoms with van der Waals surface area (Å²) in [4.78, 5) is 26.2. The normalized spacial score (nSPS) is 17.2. The van der Waals surface area contributed by atoms with E-state index in [4.69, 9.17) is 14.2 Å². The van der Waals surface area contributed by atoms with Crippen LogP contribution >= 0.6 is 11.8 Å². The predicted octanol–water partition coefficient (Wildman–Crippen LogP) is 4.82. The van der Waals surface area contributed by atoms with E-state index in [0.717, 1.165) is 28.2 Å². The average Bonchev–Trinajstić information content (AvgIpc) is 3.72. The number of aromatic nitrogens is 3. The summed E-state index contributed by atoms with van der Waals surface area (Å²) < 4.78 is 17.8. The van der Waals surface area contributed by atoms with Gasteiger partial charge in [0.05, 0.1) is 32.6 Å². The number of carboxylic acid groups (broad SMARTS) is 1. The lowest BCUT2D eigenvalue weighted by Gasteiger charge is -2.39. The van der Waals surface area contributed by atoms with Gasteiger partial charge in [-0.25, -0.2) is 4.79 Å². The van der Waals surface area contributed by atoms with Gasteiger partial charge in [-0.15, -0.1) is 11.8 Å². The first-order valence-electron chi connectivity index (χ1n) is 13.5. The van der Waals surface area contributed by atoms with Crippen molar-refractivity contribution in [2.75, 3.05) is 20.8 Å². The van der Waals surface area contributed by atoms with Crippen LogP contribution in [-0.4, -0.2) is 63.5 Å². The fourth-order valence-electron chi connectivity index (χ4n) is 5.51. The SMILES string of the molecule is COc1ccc(C(OCCC(=C2C(=O)N3C(C(=O)O)=CS[C@@H]23)c2cn[nH]n2)(c2ccccc2)c2ccc(OC)cc2)cc1. The van der Waals surface area contributed by atoms with Crippen molar-refractivity contribution in [3.8, 4) is 11.5 Å². The zero-order chi connectivity index (χ0) is 30.0. The van der Waals surface area contributed by atoms with Crippen LogP contribution in [0.25, 0.3) is 5.57 Å². The lowest BCUT2D eigenvalue weighted by molar-refractivity contribution is -0.141. The molecule has 0 aliphatic carbocycles. The Bertz CT molecular complexity index is 1640. The van der Waals surface area contributed by atoms with Gasteiger partial charge in [-0.2, -0.15) is 15.4 Å². The van der Waals surface area contributed by atoms with Crippen LogP contribution < -0.4 is 9.47 Å². The summed E-state index contributed by atoms with van der Waals surface area (Å²) in [5.74, 6) is -0.0634. The number of carboxylic acids is 1. The number of hydrogen-bond donors (Lipinski definition) is 2. The number of benzene rings is 3. The second kappa shape index (κ2) is 11.8. The number of carbonyl (C=O) groups is 2. The third kappa shape index (κ3) is 4.96. The van der Waals surface area contributed by atoms with Crippen LogP contribution in [0.4, 0.5) is 0 Å². The Balaban J connectivity index is 1.41. The van der Waals surface area contributed by atoms with Gasteiger partial charge in [0.1, 0.15) is 33.9 Å². The zero-order valence-corrected chi connectivity index (χ0v) is 24.2. The molecule has 4 aromatic rings. The molecule has 0 radical (unpaired) electrons. The van der Waals surface area contributed by atoms with Crippen LogP contribution in [0.1, 0.15) is 28.8 Å². The summed E-state index contributed by atoms with van der Waals surface area (Å²) in [6.45, 7) is 0.197. The number of aliphatic carboxylic acids is 1. The van der Waals surface area contributed by atoms with E-state index >= 15 is 0 Å². The van der Waals surface area contributed by atoms with Crippen molar-refractivity contribution in [1.29, 1.82) is 0 Å². The molecule has 1 aromatic heterocycles. The van der Waals surface area contributed by atoms with E-state index in [2.05, 4.69) is 15.4 Å². The average molecular weight is 597 g/mol. The van der Waals surface area contributed by atoms with E-state index in [9.17, 15) is 14.7 Å². The number of H-pyrrole nitrogens is 1. The van der Waals surface area contributed by atoms with Gasteiger partial charge in [-0.05, 0) is 52.9 Å². The van der Waals surface area contributed by atoms with Gasteiger partial charge in [-0.3, -0.25) is 9.69 Å². The molecule has 43 heavy (non-hydrogen) atoms. The summed E-state index contributed by atoms with van der Waals surface area (Å²) in [7, 11) is 3.25. The maximum atomic E-state index is 13.3. The summed E-state index contributed by atoms with van der Waals surface area (Å²) >= 11 is 1.28. The highest BCUT2D eigenvalue weighted by Gasteiger charge is 2.51. The Labute approximate surface area is 252 Å². The van der Waals surface area contributed by atoms with Gasteiger partial charge in [0, 0.05) is 5.41 Å². The number of rotatable bonds is 11. The molecule has 10 nitrogen and oxygen atoms in total. The molecule has 6 rings (SSSR count). The van der Waals surface area contributed by atoms with Crippen molar-refractivity contribution in [3.63, 3.8) is 0 Å². The van der Waals surface area contributed by atoms with Gasteiger partial charge in [0.15, 0.2) is 0 Å². The van der Waals surface area contributed by atoms with Crippen LogP contribution in [0.3, 0.4) is 0 Å². The molecule has 2 N–H and O–H groups in total. The van der Waals surface area contributed by atoms with Crippen LogP contribution in [0.5, 0.6) is 11.5 Å². The Kier molecular flexibility index (Phi) is 7.75. The van der Waals surface area contributed by atoms with Crippen molar-refractivity contribution in [2.24, 2.45) is 0 Å². The monoisotopic (exact) mass is 596 g/mol. The predicted molar refractivity (Wildman–Crippen MR) is 160 cm³/mol. The molecule has 1 amide bonds. The number of thioether (sulfide) groups is 1. The Morgan fingerprint density at radius 2 is 1.56 bits per heavy atom. The number of hydrogen-bond acceptors (Lipinski definition) is 8. The smallest absolute Gasteiger partial charge is 0.353 e. The minimum atomic E-state index is -1.14. The van der Waals surface area contributed by atoms with Crippen molar-refractivity contribution in [2.45, 2.75) is 17.4 Å². The second-order valence-electron chi connectivity index (χ2n) is 9.82. The largest absolute Gasteiger partial charge is 0.497 e. The maximum Gasteiger partial charge on any atom is 0.353 e. The topological polar surface area (TPSA) is 127 Å². The number of nitrogens with zero attached hydrogens (tertiary/aromatic N) is 3. The first kappa shape index (κ1) is 28.3. The third-order valence-electron chi connectivity index (χ3n) is 7.61. The van der Waals surface area contributed by atoms with Crippen molar-refractivity contribution < 1.29 is 28.9 Å². The summed E-state index contributed by atoms with van der Waals surface area (Å²) in [6.07, 6.45) is 1.88. The quantitative estimate of drug-likeness (QED) is 0.142. The number of fused-ring (bicyclic) bond motifs is 1. The Morgan fingerprint density at radius 1 is 0.953 bits per heavy atom. The van der Waals surface area contributed by atoms with Crippen molar-refractivity contribution in [1.82, 2.24) is 20.3 Å². The molecule has 3 aromatic carbocycles. The summed E-state index contributed by atoms with van der Waals surface area (Å²) in [6, 6.07) is 25.4. The highest BCUT2D eigenvalue weighted by Crippen LogP contribution is 2.48. The summed E-state index contributed by atoms with van der Waals surface area (Å²) in [5, 5.41) is 21.4. The molecule has 1 saturated heterocycles. The number of ether oxygens (including phenoxy) is 3. The van der Waals surface area contributed by atoms with Crippen LogP contribution in [-0.2, 0) is 19.9 Å². The number of aromatic amines is 1. The number of β-lactam (4-membered cyclic amide) rings is 1. The van der Waals surface area contributed by atoms with E-state index in [-0.39, 0.29) is 18.2 Å². The van der Waals surface area contributed by atoms with Gasteiger partial charge in [0.2, 0.25) is 0 Å². The van der Waals surface area contributed by atoms with E-state index in [0.29, 0.717) is 23.3 Å². The molecule has 0 unspecified atom stereocenters. The fourth-order valence-corrected chi connectivity index (χ4v) is 6.70. The van der Waals surface area contributed by atoms with Crippen LogP contribution in [0.2, 0.25) is 0 Å². The molecule has 3 heterocycles. The van der Waals surface area contributed by atoms with Crippen molar-refractivity contribution in [3.05, 3.63) is 124 Å². The highest BCUT2D eigenvalue weighted by molar-refractivity contribution is 8.03. The number of methoxy groups -OCH3 is 2. The van der Waals surface area contributed by atoms with E-state index in [1.54, 1.807) is 20.4 Å². The molecule has 218 valence electrons. The third-order valence-corrected chi connectivity index (χ3v) is 8.67. The molecular weight excluding hydrogens is 568 g/mol. The Morgan fingerprint density at radius 3 is 2.09 bits per heavy atom. The molecule has 1 fully saturated rings. The standard InChI is InChI=1S/C32H28N4O6S/c1-40-23-12-8-21(9-13-23)32(20-6-4-3-5-7-20,22-10-14-24(41-2)15-11-22)42-17-16-25(26-18-33-35-34-26)28-29(37)36-27(31(38)39)19-43-30(28)36/h3-15,18-19,30H,16-17H2,1-2H3,(H,38,39)(H,33,34,35)/t30-/m0/s1. The molecule has 2 aliphatic heterocycles.